The van der Waals surface area contributed by atoms with Crippen molar-refractivity contribution in [2.24, 2.45) is 5.73 Å². The minimum atomic E-state index is -0.419. The Bertz CT molecular complexity index is 774. The van der Waals surface area contributed by atoms with Crippen LogP contribution in [-0.4, -0.2) is 15.9 Å². The second kappa shape index (κ2) is 4.24. The molecule has 0 aliphatic rings. The second-order valence-corrected chi connectivity index (χ2v) is 4.47. The summed E-state index contributed by atoms with van der Waals surface area (Å²) in [6.45, 7) is 1.99. The van der Waals surface area contributed by atoms with E-state index in [4.69, 9.17) is 5.73 Å². The zero-order valence-electron chi connectivity index (χ0n) is 10.5. The number of carbonyl (C=O) groups is 1. The van der Waals surface area contributed by atoms with Gasteiger partial charge in [-0.3, -0.25) is 4.79 Å². The lowest BCUT2D eigenvalue weighted by atomic mass is 10.0. The molecular weight excluding hydrogens is 238 g/mol. The maximum atomic E-state index is 11.3. The highest BCUT2D eigenvalue weighted by atomic mass is 16.1. The van der Waals surface area contributed by atoms with E-state index in [-0.39, 0.29) is 0 Å². The van der Waals surface area contributed by atoms with Crippen molar-refractivity contribution in [1.82, 2.24) is 9.97 Å². The summed E-state index contributed by atoms with van der Waals surface area (Å²) in [7, 11) is 0. The van der Waals surface area contributed by atoms with Gasteiger partial charge in [0.1, 0.15) is 5.65 Å². The van der Waals surface area contributed by atoms with Gasteiger partial charge < -0.3 is 10.7 Å². The van der Waals surface area contributed by atoms with Gasteiger partial charge in [-0.2, -0.15) is 0 Å². The van der Waals surface area contributed by atoms with Crippen LogP contribution in [0.2, 0.25) is 0 Å². The molecule has 0 bridgehead atoms. The minimum Gasteiger partial charge on any atom is -0.366 e. The molecule has 0 aliphatic carbocycles. The van der Waals surface area contributed by atoms with Crippen molar-refractivity contribution in [1.29, 1.82) is 0 Å². The summed E-state index contributed by atoms with van der Waals surface area (Å²) in [6, 6.07) is 11.2. The number of hydrogen-bond acceptors (Lipinski definition) is 2. The summed E-state index contributed by atoms with van der Waals surface area (Å²) in [5.41, 5.74) is 9.73. The molecule has 3 N–H and O–H groups in total. The number of nitrogens with zero attached hydrogens (tertiary/aromatic N) is 1. The van der Waals surface area contributed by atoms with Crippen LogP contribution in [-0.2, 0) is 0 Å². The molecular formula is C15H13N3O. The lowest BCUT2D eigenvalue weighted by molar-refractivity contribution is 0.100. The number of hydrogen-bond donors (Lipinski definition) is 2. The Kier molecular flexibility index (Phi) is 2.56. The van der Waals surface area contributed by atoms with E-state index in [0.717, 1.165) is 27.9 Å². The van der Waals surface area contributed by atoms with Gasteiger partial charge >= 0.3 is 0 Å². The zero-order valence-corrected chi connectivity index (χ0v) is 10.5. The van der Waals surface area contributed by atoms with Crippen molar-refractivity contribution < 1.29 is 4.79 Å². The molecule has 4 nitrogen and oxygen atoms in total. The number of rotatable bonds is 2. The molecule has 0 atom stereocenters. The summed E-state index contributed by atoms with van der Waals surface area (Å²) in [5, 5.41) is 1.04. The molecule has 94 valence electrons. The predicted octanol–water partition coefficient (Wildman–Crippen LogP) is 2.64. The number of carbonyl (C=O) groups excluding carboxylic acids is 1. The van der Waals surface area contributed by atoms with Gasteiger partial charge in [-0.05, 0) is 36.8 Å². The lowest BCUT2D eigenvalue weighted by Gasteiger charge is -2.03. The quantitative estimate of drug-likeness (QED) is 0.735. The van der Waals surface area contributed by atoms with Crippen LogP contribution in [0.4, 0.5) is 0 Å². The molecule has 0 fully saturated rings. The van der Waals surface area contributed by atoms with E-state index >= 15 is 0 Å². The first kappa shape index (κ1) is 11.5. The highest BCUT2D eigenvalue weighted by Gasteiger charge is 2.12. The Morgan fingerprint density at radius 1 is 1.26 bits per heavy atom. The molecule has 19 heavy (non-hydrogen) atoms. The molecule has 0 spiro atoms. The number of fused-ring (bicyclic) bond motifs is 1. The third-order valence-electron chi connectivity index (χ3n) is 3.19. The largest absolute Gasteiger partial charge is 0.366 e. The third kappa shape index (κ3) is 1.87. The van der Waals surface area contributed by atoms with Gasteiger partial charge in [-0.25, -0.2) is 4.98 Å². The summed E-state index contributed by atoms with van der Waals surface area (Å²) < 4.78 is 0. The fraction of sp³-hybridized carbons (Fsp3) is 0.0667. The van der Waals surface area contributed by atoms with Gasteiger partial charge in [0.2, 0.25) is 5.91 Å². The molecule has 1 aromatic carbocycles. The number of amides is 1. The molecule has 3 aromatic rings. The number of aromatic nitrogens is 2. The summed E-state index contributed by atoms with van der Waals surface area (Å²) in [5.74, 6) is -0.419. The number of nitrogens with one attached hydrogen (secondary N) is 1. The first-order chi connectivity index (χ1) is 9.16. The van der Waals surface area contributed by atoms with Crippen molar-refractivity contribution in [3.8, 4) is 11.1 Å². The van der Waals surface area contributed by atoms with E-state index in [1.165, 1.54) is 0 Å². The fourth-order valence-electron chi connectivity index (χ4n) is 2.35. The average molecular weight is 251 g/mol. The number of nitrogens with two attached hydrogens (primary N) is 1. The van der Waals surface area contributed by atoms with E-state index in [0.29, 0.717) is 5.56 Å². The van der Waals surface area contributed by atoms with E-state index in [1.807, 2.05) is 37.3 Å². The molecule has 4 heteroatoms. The first-order valence-electron chi connectivity index (χ1n) is 6.00. The molecule has 0 aliphatic heterocycles. The topological polar surface area (TPSA) is 71.8 Å². The van der Waals surface area contributed by atoms with Crippen LogP contribution in [0.5, 0.6) is 0 Å². The van der Waals surface area contributed by atoms with Crippen molar-refractivity contribution in [3.05, 3.63) is 53.9 Å². The lowest BCUT2D eigenvalue weighted by Crippen LogP contribution is -2.10. The summed E-state index contributed by atoms with van der Waals surface area (Å²) in [6.07, 6.45) is 1.75. The molecule has 2 aromatic heterocycles. The summed E-state index contributed by atoms with van der Waals surface area (Å²) >= 11 is 0. The number of primary amides is 1. The van der Waals surface area contributed by atoms with Crippen LogP contribution in [0.15, 0.2) is 42.6 Å². The Balaban J connectivity index is 2.27. The first-order valence-corrected chi connectivity index (χ1v) is 6.00. The van der Waals surface area contributed by atoms with Gasteiger partial charge in [0.05, 0.1) is 0 Å². The van der Waals surface area contributed by atoms with Gasteiger partial charge in [0.25, 0.3) is 0 Å². The number of H-pyrrole nitrogens is 1. The standard InChI is InChI=1S/C15H13N3O/c1-9-13(12-6-3-7-17-15(12)18-9)10-4-2-5-11(8-10)14(16)19/h2-8H,1H3,(H2,16,19)(H,17,18). The Morgan fingerprint density at radius 2 is 2.11 bits per heavy atom. The van der Waals surface area contributed by atoms with Gasteiger partial charge in [-0.1, -0.05) is 12.1 Å². The molecule has 3 rings (SSSR count). The summed E-state index contributed by atoms with van der Waals surface area (Å²) in [4.78, 5) is 18.8. The average Bonchev–Trinajstić information content (AvgIpc) is 2.74. The van der Waals surface area contributed by atoms with Crippen LogP contribution in [0, 0.1) is 6.92 Å². The van der Waals surface area contributed by atoms with Crippen molar-refractivity contribution in [3.63, 3.8) is 0 Å². The smallest absolute Gasteiger partial charge is 0.248 e. The van der Waals surface area contributed by atoms with Crippen molar-refractivity contribution in [2.75, 3.05) is 0 Å². The van der Waals surface area contributed by atoms with Crippen LogP contribution in [0.25, 0.3) is 22.2 Å². The number of aryl methyl sites for hydroxylation is 1. The van der Waals surface area contributed by atoms with E-state index < -0.39 is 5.91 Å². The molecule has 0 saturated carbocycles. The van der Waals surface area contributed by atoms with Crippen LogP contribution < -0.4 is 5.73 Å². The molecule has 1 amide bonds. The highest BCUT2D eigenvalue weighted by Crippen LogP contribution is 2.31. The molecule has 0 saturated heterocycles. The highest BCUT2D eigenvalue weighted by molar-refractivity contribution is 5.98. The second-order valence-electron chi connectivity index (χ2n) is 4.47. The van der Waals surface area contributed by atoms with Crippen LogP contribution >= 0.6 is 0 Å². The van der Waals surface area contributed by atoms with E-state index in [2.05, 4.69) is 9.97 Å². The monoisotopic (exact) mass is 251 g/mol. The van der Waals surface area contributed by atoms with Gasteiger partial charge in [0, 0.05) is 28.4 Å². The maximum absolute atomic E-state index is 11.3. The fourth-order valence-corrected chi connectivity index (χ4v) is 2.35. The molecule has 0 radical (unpaired) electrons. The molecule has 0 unspecified atom stereocenters. The Morgan fingerprint density at radius 3 is 2.89 bits per heavy atom. The number of aromatic amines is 1. The van der Waals surface area contributed by atoms with Crippen molar-refractivity contribution >= 4 is 16.9 Å². The molecule has 2 heterocycles. The van der Waals surface area contributed by atoms with Crippen LogP contribution in [0.1, 0.15) is 16.1 Å². The normalized spacial score (nSPS) is 10.8. The van der Waals surface area contributed by atoms with Crippen LogP contribution in [0.3, 0.4) is 0 Å². The number of benzene rings is 1. The van der Waals surface area contributed by atoms with Crippen molar-refractivity contribution in [2.45, 2.75) is 6.92 Å². The Hall–Kier alpha value is -2.62. The van der Waals surface area contributed by atoms with Gasteiger partial charge in [0.15, 0.2) is 0 Å². The maximum Gasteiger partial charge on any atom is 0.248 e. The predicted molar refractivity (Wildman–Crippen MR) is 74.8 cm³/mol. The minimum absolute atomic E-state index is 0.419. The van der Waals surface area contributed by atoms with E-state index in [9.17, 15) is 4.79 Å². The third-order valence-corrected chi connectivity index (χ3v) is 3.19. The van der Waals surface area contributed by atoms with Gasteiger partial charge in [-0.15, -0.1) is 0 Å². The SMILES string of the molecule is Cc1[nH]c2ncccc2c1-c1cccc(C(N)=O)c1. The Labute approximate surface area is 110 Å². The van der Waals surface area contributed by atoms with E-state index in [1.54, 1.807) is 12.3 Å². The zero-order chi connectivity index (χ0) is 13.4. The number of pyridine rings is 1.